The van der Waals surface area contributed by atoms with Crippen LogP contribution in [0.4, 0.5) is 0 Å². The van der Waals surface area contributed by atoms with Crippen LogP contribution < -0.4 is 0 Å². The fourth-order valence-corrected chi connectivity index (χ4v) is 2.07. The zero-order chi connectivity index (χ0) is 11.3. The van der Waals surface area contributed by atoms with E-state index in [2.05, 4.69) is 38.5 Å². The quantitative estimate of drug-likeness (QED) is 0.337. The number of halogens is 2. The fraction of sp³-hybridized carbons (Fsp3) is 0.300. The Morgan fingerprint density at radius 2 is 2.27 bits per heavy atom. The maximum absolute atomic E-state index is 11.6. The Morgan fingerprint density at radius 3 is 2.87 bits per heavy atom. The van der Waals surface area contributed by atoms with E-state index < -0.39 is 0 Å². The summed E-state index contributed by atoms with van der Waals surface area (Å²) in [5.41, 5.74) is 0.621. The summed E-state index contributed by atoms with van der Waals surface area (Å²) in [6.07, 6.45) is 0.978. The highest BCUT2D eigenvalue weighted by molar-refractivity contribution is 14.1. The average Bonchev–Trinajstić information content (AvgIpc) is 2.22. The van der Waals surface area contributed by atoms with E-state index in [4.69, 9.17) is 4.74 Å². The Bertz CT molecular complexity index is 357. The second kappa shape index (κ2) is 6.65. The van der Waals surface area contributed by atoms with Gasteiger partial charge in [-0.25, -0.2) is 4.79 Å². The van der Waals surface area contributed by atoms with Crippen molar-refractivity contribution < 1.29 is 9.53 Å². The number of hydrogen-bond acceptors (Lipinski definition) is 2. The fourth-order valence-electron chi connectivity index (χ4n) is 1.02. The van der Waals surface area contributed by atoms with Gasteiger partial charge in [0.15, 0.2) is 0 Å². The van der Waals surface area contributed by atoms with Crippen molar-refractivity contribution in [3.05, 3.63) is 31.8 Å². The lowest BCUT2D eigenvalue weighted by atomic mass is 10.2. The number of carbonyl (C=O) groups excluding carboxylic acids is 1. The third-order valence-electron chi connectivity index (χ3n) is 1.89. The van der Waals surface area contributed by atoms with Gasteiger partial charge in [-0.05, 0) is 63.1 Å². The van der Waals surface area contributed by atoms with E-state index in [-0.39, 0.29) is 5.97 Å². The van der Waals surface area contributed by atoms with E-state index in [1.807, 2.05) is 12.1 Å². The molecule has 0 aliphatic heterocycles. The van der Waals surface area contributed by atoms with Gasteiger partial charge in [0.25, 0.3) is 0 Å². The Kier molecular flexibility index (Phi) is 5.84. The molecule has 0 N–H and O–H groups in total. The monoisotopic (exact) mass is 398 g/mol. The molecule has 15 heavy (non-hydrogen) atoms. The van der Waals surface area contributed by atoms with Crippen molar-refractivity contribution >= 4 is 54.7 Å². The van der Waals surface area contributed by atoms with Crippen LogP contribution in [0.25, 0.3) is 0 Å². The number of esters is 1. The van der Waals surface area contributed by atoms with Crippen LogP contribution >= 0.6 is 38.5 Å². The number of ether oxygens (including phenoxy) is 1. The largest absolute Gasteiger partial charge is 0.462 e. The molecule has 0 aromatic heterocycles. The molecule has 82 valence electrons. The zero-order valence-electron chi connectivity index (χ0n) is 8.43. The van der Waals surface area contributed by atoms with E-state index in [9.17, 15) is 4.79 Å². The van der Waals surface area contributed by atoms with Gasteiger partial charge in [0.1, 0.15) is 0 Å². The van der Waals surface area contributed by atoms with Crippen LogP contribution in [0.15, 0.2) is 22.7 Å². The van der Waals surface area contributed by atoms with Gasteiger partial charge in [-0.3, -0.25) is 0 Å². The summed E-state index contributed by atoms with van der Waals surface area (Å²) in [6, 6.07) is 6.64. The van der Waals surface area contributed by atoms with E-state index in [0.29, 0.717) is 12.2 Å². The molecule has 1 aromatic carbocycles. The molecular weight excluding hydrogens is 387 g/mol. The van der Waals surface area contributed by atoms with Crippen molar-refractivity contribution in [3.8, 4) is 0 Å². The lowest BCUT2D eigenvalue weighted by Gasteiger charge is -2.04. The van der Waals surface area contributed by atoms with Gasteiger partial charge >= 0.3 is 5.97 Å². The van der Waals surface area contributed by atoms with E-state index in [1.165, 1.54) is 16.3 Å². The predicted molar refractivity (Wildman–Crippen MR) is 76.5 cm³/mol. The summed E-state index contributed by atoms with van der Waals surface area (Å²) in [6.45, 7) is 0.537. The summed E-state index contributed by atoms with van der Waals surface area (Å²) >= 11 is 5.57. The zero-order valence-corrected chi connectivity index (χ0v) is 14.2. The number of benzene rings is 1. The minimum Gasteiger partial charge on any atom is -0.462 e. The molecule has 0 radical (unpaired) electrons. The normalized spacial score (nSPS) is 10.3. The number of hydrogen-bond donors (Lipinski definition) is 0. The van der Waals surface area contributed by atoms with Crippen LogP contribution in [-0.4, -0.2) is 22.8 Å². The lowest BCUT2D eigenvalue weighted by Crippen LogP contribution is -2.06. The summed E-state index contributed by atoms with van der Waals surface area (Å²) in [5, 5.41) is 0. The first-order valence-corrected chi connectivity index (χ1v) is 8.06. The van der Waals surface area contributed by atoms with E-state index in [1.54, 1.807) is 6.07 Å². The second-order valence-corrected chi connectivity index (χ2v) is 6.13. The summed E-state index contributed by atoms with van der Waals surface area (Å²) in [4.78, 5) is 11.6. The van der Waals surface area contributed by atoms with Gasteiger partial charge in [0.2, 0.25) is 0 Å². The van der Waals surface area contributed by atoms with Crippen molar-refractivity contribution in [2.24, 2.45) is 0 Å². The Labute approximate surface area is 114 Å². The van der Waals surface area contributed by atoms with Crippen LogP contribution in [0.1, 0.15) is 16.8 Å². The van der Waals surface area contributed by atoms with Gasteiger partial charge in [-0.1, -0.05) is 6.04 Å². The molecule has 0 atom stereocenters. The number of carbonyl (C=O) groups is 1. The van der Waals surface area contributed by atoms with Gasteiger partial charge in [-0.2, -0.15) is 0 Å². The van der Waals surface area contributed by atoms with Gasteiger partial charge in [0.05, 0.1) is 12.2 Å². The molecule has 0 saturated carbocycles. The van der Waals surface area contributed by atoms with Crippen molar-refractivity contribution in [2.75, 3.05) is 6.61 Å². The summed E-state index contributed by atoms with van der Waals surface area (Å²) in [7, 11) is 1.17. The molecule has 5 heteroatoms. The molecule has 0 heterocycles. The number of rotatable bonds is 4. The molecule has 0 saturated heterocycles. The average molecular weight is 399 g/mol. The smallest absolute Gasteiger partial charge is 0.338 e. The van der Waals surface area contributed by atoms with E-state index in [0.717, 1.165) is 14.5 Å². The van der Waals surface area contributed by atoms with Gasteiger partial charge in [-0.15, -0.1) is 0 Å². The predicted octanol–water partition coefficient (Wildman–Crippen LogP) is 2.38. The van der Waals surface area contributed by atoms with Crippen LogP contribution in [0, 0.1) is 3.57 Å². The third kappa shape index (κ3) is 4.24. The second-order valence-electron chi connectivity index (χ2n) is 3.12. The maximum Gasteiger partial charge on any atom is 0.338 e. The highest BCUT2D eigenvalue weighted by Crippen LogP contribution is 2.20. The summed E-state index contributed by atoms with van der Waals surface area (Å²) in [5.74, 6) is -0.226. The molecule has 0 fully saturated rings. The third-order valence-corrected chi connectivity index (χ3v) is 4.92. The van der Waals surface area contributed by atoms with Gasteiger partial charge in [0, 0.05) is 18.3 Å². The molecular formula is C10H12BrIO2Si. The molecule has 2 nitrogen and oxygen atoms in total. The molecule has 0 amide bonds. The Balaban J connectivity index is 2.62. The van der Waals surface area contributed by atoms with Crippen molar-refractivity contribution in [2.45, 2.75) is 12.5 Å². The van der Waals surface area contributed by atoms with Crippen LogP contribution in [0.3, 0.4) is 0 Å². The molecule has 0 aliphatic carbocycles. The minimum atomic E-state index is -0.226. The molecule has 0 bridgehead atoms. The first-order valence-electron chi connectivity index (χ1n) is 4.77. The van der Waals surface area contributed by atoms with Crippen molar-refractivity contribution in [1.82, 2.24) is 0 Å². The summed E-state index contributed by atoms with van der Waals surface area (Å²) < 4.78 is 7.15. The topological polar surface area (TPSA) is 26.3 Å². The van der Waals surface area contributed by atoms with Crippen LogP contribution in [0.2, 0.25) is 6.04 Å². The highest BCUT2D eigenvalue weighted by atomic mass is 127. The first kappa shape index (κ1) is 13.2. The Hall–Kier alpha value is 0.117. The highest BCUT2D eigenvalue weighted by Gasteiger charge is 2.08. The molecule has 0 aliphatic rings. The van der Waals surface area contributed by atoms with Crippen molar-refractivity contribution in [1.29, 1.82) is 0 Å². The van der Waals surface area contributed by atoms with E-state index >= 15 is 0 Å². The standard InChI is InChI=1S/C10H12BrIO2Si/c11-8-3-2-7(6-9(8)12)10(13)14-4-1-5-15/h2-3,6H,1,4-5H2,15H3. The van der Waals surface area contributed by atoms with Crippen molar-refractivity contribution in [3.63, 3.8) is 0 Å². The SMILES string of the molecule is O=C(OCCC[SiH3])c1ccc(Br)c(I)c1. The Morgan fingerprint density at radius 1 is 1.53 bits per heavy atom. The van der Waals surface area contributed by atoms with Gasteiger partial charge < -0.3 is 4.74 Å². The molecule has 1 rings (SSSR count). The van der Waals surface area contributed by atoms with Crippen LogP contribution in [0.5, 0.6) is 0 Å². The molecule has 0 spiro atoms. The first-order chi connectivity index (χ1) is 7.15. The minimum absolute atomic E-state index is 0.226. The maximum atomic E-state index is 11.6. The molecule has 0 unspecified atom stereocenters. The molecule has 1 aromatic rings. The lowest BCUT2D eigenvalue weighted by molar-refractivity contribution is 0.0505. The van der Waals surface area contributed by atoms with Crippen LogP contribution in [-0.2, 0) is 4.74 Å².